The van der Waals surface area contributed by atoms with Crippen LogP contribution in [-0.2, 0) is 10.0 Å². The number of sulfonamides is 1. The number of nitrogens with two attached hydrogens (primary N) is 1. The topological polar surface area (TPSA) is 92.1 Å². The van der Waals surface area contributed by atoms with Crippen LogP contribution in [0.15, 0.2) is 17.3 Å². The molecule has 0 saturated heterocycles. The normalized spacial score (nSPS) is 20.2. The Kier molecular flexibility index (Phi) is 3.74. The molecule has 0 aliphatic heterocycles. The molecule has 1 saturated carbocycles. The van der Waals surface area contributed by atoms with Crippen LogP contribution in [0.4, 0.5) is 0 Å². The monoisotopic (exact) mass is 272 g/mol. The van der Waals surface area contributed by atoms with Crippen molar-refractivity contribution < 1.29 is 8.42 Å². The third-order valence-electron chi connectivity index (χ3n) is 3.95. The van der Waals surface area contributed by atoms with E-state index >= 15 is 0 Å². The molecule has 0 bridgehead atoms. The van der Waals surface area contributed by atoms with E-state index in [1.165, 1.54) is 16.6 Å². The van der Waals surface area contributed by atoms with Gasteiger partial charge in [0, 0.05) is 19.1 Å². The summed E-state index contributed by atoms with van der Waals surface area (Å²) in [5.41, 5.74) is 5.42. The second-order valence-electron chi connectivity index (χ2n) is 4.88. The fourth-order valence-corrected chi connectivity index (χ4v) is 4.11. The lowest BCUT2D eigenvalue weighted by Crippen LogP contribution is -2.55. The Balaban J connectivity index is 2.32. The molecule has 0 radical (unpaired) electrons. The molecule has 2 rings (SSSR count). The van der Waals surface area contributed by atoms with E-state index in [1.54, 1.807) is 7.05 Å². The summed E-state index contributed by atoms with van der Waals surface area (Å²) < 4.78 is 26.3. The number of hydrogen-bond acceptors (Lipinski definition) is 4. The minimum Gasteiger partial charge on any atom is -0.329 e. The summed E-state index contributed by atoms with van der Waals surface area (Å²) in [6, 6.07) is 1.47. The van der Waals surface area contributed by atoms with Crippen LogP contribution in [0.3, 0.4) is 0 Å². The lowest BCUT2D eigenvalue weighted by atomic mass is 9.82. The maximum atomic E-state index is 12.5. The van der Waals surface area contributed by atoms with E-state index in [0.717, 1.165) is 32.1 Å². The largest absolute Gasteiger partial charge is 0.329 e. The molecular weight excluding hydrogens is 252 g/mol. The van der Waals surface area contributed by atoms with Crippen LogP contribution in [0.5, 0.6) is 0 Å². The van der Waals surface area contributed by atoms with Gasteiger partial charge in [-0.05, 0) is 18.9 Å². The van der Waals surface area contributed by atoms with Crippen molar-refractivity contribution in [2.45, 2.75) is 42.7 Å². The molecule has 0 spiro atoms. The summed E-state index contributed by atoms with van der Waals surface area (Å²) in [6.07, 6.45) is 6.30. The zero-order valence-corrected chi connectivity index (χ0v) is 11.4. The van der Waals surface area contributed by atoms with E-state index in [0.29, 0.717) is 6.54 Å². The molecule has 1 heterocycles. The van der Waals surface area contributed by atoms with Crippen LogP contribution in [0.1, 0.15) is 32.1 Å². The Labute approximate surface area is 108 Å². The quantitative estimate of drug-likeness (QED) is 0.843. The van der Waals surface area contributed by atoms with E-state index in [9.17, 15) is 8.42 Å². The van der Waals surface area contributed by atoms with Crippen LogP contribution in [0, 0.1) is 0 Å². The number of nitrogens with one attached hydrogen (secondary N) is 1. The van der Waals surface area contributed by atoms with Gasteiger partial charge in [0.1, 0.15) is 0 Å². The third-order valence-corrected chi connectivity index (χ3v) is 5.84. The molecule has 0 amide bonds. The van der Waals surface area contributed by atoms with Gasteiger partial charge in [-0.2, -0.15) is 9.40 Å². The van der Waals surface area contributed by atoms with Crippen molar-refractivity contribution in [1.82, 2.24) is 14.5 Å². The van der Waals surface area contributed by atoms with Gasteiger partial charge in [-0.1, -0.05) is 19.3 Å². The SMILES string of the molecule is CN(C1(CN)CCCCC1)S(=O)(=O)c1ccn[nH]1. The van der Waals surface area contributed by atoms with Crippen molar-refractivity contribution in [3.63, 3.8) is 0 Å². The predicted molar refractivity (Wildman–Crippen MR) is 68.4 cm³/mol. The summed E-state index contributed by atoms with van der Waals surface area (Å²) in [4.78, 5) is 0. The Morgan fingerprint density at radius 3 is 2.61 bits per heavy atom. The molecular formula is C11H20N4O2S. The molecule has 6 nitrogen and oxygen atoms in total. The number of H-pyrrole nitrogens is 1. The molecule has 3 N–H and O–H groups in total. The van der Waals surface area contributed by atoms with Gasteiger partial charge in [0.15, 0.2) is 5.03 Å². The van der Waals surface area contributed by atoms with Crippen LogP contribution in [-0.4, -0.2) is 42.1 Å². The first-order valence-electron chi connectivity index (χ1n) is 6.21. The summed E-state index contributed by atoms with van der Waals surface area (Å²) >= 11 is 0. The minimum absolute atomic E-state index is 0.128. The lowest BCUT2D eigenvalue weighted by Gasteiger charge is -2.42. The molecule has 1 aliphatic carbocycles. The molecule has 18 heavy (non-hydrogen) atoms. The van der Waals surface area contributed by atoms with Crippen LogP contribution in [0.25, 0.3) is 0 Å². The first-order chi connectivity index (χ1) is 8.53. The van der Waals surface area contributed by atoms with E-state index in [1.807, 2.05) is 0 Å². The van der Waals surface area contributed by atoms with Crippen molar-refractivity contribution in [3.8, 4) is 0 Å². The van der Waals surface area contributed by atoms with Gasteiger partial charge in [0.25, 0.3) is 10.0 Å². The standard InChI is InChI=1S/C11H20N4O2S/c1-15(11(9-12)6-3-2-4-7-11)18(16,17)10-5-8-13-14-10/h5,8H,2-4,6-7,9,12H2,1H3,(H,13,14). The van der Waals surface area contributed by atoms with Crippen LogP contribution >= 0.6 is 0 Å². The predicted octanol–water partition coefficient (Wildman–Crippen LogP) is 0.692. The highest BCUT2D eigenvalue weighted by molar-refractivity contribution is 7.89. The first-order valence-corrected chi connectivity index (χ1v) is 7.65. The van der Waals surface area contributed by atoms with Gasteiger partial charge in [-0.15, -0.1) is 0 Å². The summed E-state index contributed by atoms with van der Waals surface area (Å²) in [5.74, 6) is 0. The smallest absolute Gasteiger partial charge is 0.260 e. The Morgan fingerprint density at radius 1 is 1.44 bits per heavy atom. The number of rotatable bonds is 4. The Bertz CT molecular complexity index is 477. The number of aromatic nitrogens is 2. The number of nitrogens with zero attached hydrogens (tertiary/aromatic N) is 2. The molecule has 0 aromatic carbocycles. The van der Waals surface area contributed by atoms with E-state index in [2.05, 4.69) is 10.2 Å². The van der Waals surface area contributed by atoms with Crippen LogP contribution < -0.4 is 5.73 Å². The van der Waals surface area contributed by atoms with Gasteiger partial charge in [-0.3, -0.25) is 5.10 Å². The lowest BCUT2D eigenvalue weighted by molar-refractivity contribution is 0.159. The van der Waals surface area contributed by atoms with E-state index in [4.69, 9.17) is 5.73 Å². The second kappa shape index (κ2) is 4.99. The zero-order chi connectivity index (χ0) is 13.2. The van der Waals surface area contributed by atoms with Gasteiger partial charge in [0.2, 0.25) is 0 Å². The average molecular weight is 272 g/mol. The summed E-state index contributed by atoms with van der Waals surface area (Å²) in [7, 11) is -1.91. The number of likely N-dealkylation sites (N-methyl/N-ethyl adjacent to an activating group) is 1. The van der Waals surface area contributed by atoms with E-state index in [-0.39, 0.29) is 5.03 Å². The minimum atomic E-state index is -3.53. The summed E-state index contributed by atoms with van der Waals surface area (Å²) in [5, 5.41) is 6.35. The fourth-order valence-electron chi connectivity index (χ4n) is 2.65. The fraction of sp³-hybridized carbons (Fsp3) is 0.727. The van der Waals surface area contributed by atoms with Crippen molar-refractivity contribution >= 4 is 10.0 Å². The molecule has 1 aromatic heterocycles. The zero-order valence-electron chi connectivity index (χ0n) is 10.6. The molecule has 0 unspecified atom stereocenters. The third kappa shape index (κ3) is 2.17. The number of aromatic amines is 1. The van der Waals surface area contributed by atoms with Crippen molar-refractivity contribution in [3.05, 3.63) is 12.3 Å². The van der Waals surface area contributed by atoms with Gasteiger partial charge >= 0.3 is 0 Å². The van der Waals surface area contributed by atoms with Gasteiger partial charge in [0.05, 0.1) is 6.20 Å². The molecule has 7 heteroatoms. The maximum absolute atomic E-state index is 12.5. The van der Waals surface area contributed by atoms with Crippen molar-refractivity contribution in [2.24, 2.45) is 5.73 Å². The highest BCUT2D eigenvalue weighted by atomic mass is 32.2. The molecule has 1 aliphatic rings. The van der Waals surface area contributed by atoms with E-state index < -0.39 is 15.6 Å². The molecule has 102 valence electrons. The number of hydrogen-bond donors (Lipinski definition) is 2. The van der Waals surface area contributed by atoms with Crippen molar-refractivity contribution in [1.29, 1.82) is 0 Å². The van der Waals surface area contributed by atoms with Gasteiger partial charge in [-0.25, -0.2) is 8.42 Å². The molecule has 1 aromatic rings. The Morgan fingerprint density at radius 2 is 2.11 bits per heavy atom. The van der Waals surface area contributed by atoms with Crippen LogP contribution in [0.2, 0.25) is 0 Å². The highest BCUT2D eigenvalue weighted by Crippen LogP contribution is 2.34. The molecule has 1 fully saturated rings. The average Bonchev–Trinajstić information content (AvgIpc) is 2.93. The van der Waals surface area contributed by atoms with Crippen molar-refractivity contribution in [2.75, 3.05) is 13.6 Å². The second-order valence-corrected chi connectivity index (χ2v) is 6.82. The first kappa shape index (κ1) is 13.5. The molecule has 0 atom stereocenters. The summed E-state index contributed by atoms with van der Waals surface area (Å²) in [6.45, 7) is 0.358. The Hall–Kier alpha value is -0.920. The highest BCUT2D eigenvalue weighted by Gasteiger charge is 2.41. The van der Waals surface area contributed by atoms with Gasteiger partial charge < -0.3 is 5.73 Å². The maximum Gasteiger partial charge on any atom is 0.260 e.